The molecule has 4 heteroatoms. The van der Waals surface area contributed by atoms with Gasteiger partial charge in [-0.3, -0.25) is 9.69 Å². The van der Waals surface area contributed by atoms with Crippen LogP contribution in [0.1, 0.15) is 45.4 Å². The average molecular weight is 279 g/mol. The number of nitrogens with zero attached hydrogens (tertiary/aromatic N) is 1. The Kier molecular flexibility index (Phi) is 2.68. The van der Waals surface area contributed by atoms with E-state index in [0.717, 1.165) is 38.8 Å². The lowest BCUT2D eigenvalue weighted by atomic mass is 9.52. The lowest BCUT2D eigenvalue weighted by Crippen LogP contribution is -2.67. The Labute approximate surface area is 120 Å². The maximum absolute atomic E-state index is 12.6. The highest BCUT2D eigenvalue weighted by Gasteiger charge is 2.73. The van der Waals surface area contributed by atoms with E-state index in [1.54, 1.807) is 0 Å². The number of fused-ring (bicyclic) bond motifs is 1. The van der Waals surface area contributed by atoms with Gasteiger partial charge < -0.3 is 10.2 Å². The molecule has 2 heterocycles. The van der Waals surface area contributed by atoms with Crippen LogP contribution in [0.4, 0.5) is 0 Å². The number of hydrogen-bond donors (Lipinski definition) is 2. The molecule has 2 bridgehead atoms. The van der Waals surface area contributed by atoms with Crippen LogP contribution < -0.4 is 0 Å². The smallest absolute Gasteiger partial charge is 0.165 e. The molecule has 4 nitrogen and oxygen atoms in total. The summed E-state index contributed by atoms with van der Waals surface area (Å²) < 4.78 is 0. The van der Waals surface area contributed by atoms with Crippen molar-refractivity contribution in [3.63, 3.8) is 0 Å². The zero-order chi connectivity index (χ0) is 14.1. The molecular weight excluding hydrogens is 254 g/mol. The van der Waals surface area contributed by atoms with Gasteiger partial charge in [0.2, 0.25) is 0 Å². The Morgan fingerprint density at radius 1 is 1.30 bits per heavy atom. The molecule has 6 atom stereocenters. The van der Waals surface area contributed by atoms with Crippen molar-refractivity contribution in [2.45, 2.75) is 63.2 Å². The van der Waals surface area contributed by atoms with Crippen LogP contribution in [0.2, 0.25) is 0 Å². The van der Waals surface area contributed by atoms with Gasteiger partial charge in [0.25, 0.3) is 0 Å². The highest BCUT2D eigenvalue weighted by Crippen LogP contribution is 2.64. The second kappa shape index (κ2) is 4.05. The lowest BCUT2D eigenvalue weighted by molar-refractivity contribution is -0.200. The Hall–Kier alpha value is -0.450. The van der Waals surface area contributed by atoms with Crippen molar-refractivity contribution >= 4 is 5.78 Å². The van der Waals surface area contributed by atoms with Gasteiger partial charge in [0.1, 0.15) is 5.60 Å². The highest BCUT2D eigenvalue weighted by molar-refractivity contribution is 5.92. The Morgan fingerprint density at radius 3 is 2.85 bits per heavy atom. The molecule has 0 amide bonds. The minimum Gasteiger partial charge on any atom is -0.393 e. The Bertz CT molecular complexity index is 453. The third-order valence-electron chi connectivity index (χ3n) is 6.90. The van der Waals surface area contributed by atoms with E-state index in [2.05, 4.69) is 4.90 Å². The quantitative estimate of drug-likeness (QED) is 0.693. The first-order valence-electron chi connectivity index (χ1n) is 8.18. The van der Waals surface area contributed by atoms with Crippen LogP contribution in [0.15, 0.2) is 0 Å². The number of aliphatic hydroxyl groups excluding tert-OH is 1. The molecule has 20 heavy (non-hydrogen) atoms. The number of carbonyl (C=O) groups is 1. The van der Waals surface area contributed by atoms with E-state index in [1.807, 2.05) is 6.92 Å². The van der Waals surface area contributed by atoms with E-state index < -0.39 is 11.7 Å². The van der Waals surface area contributed by atoms with Gasteiger partial charge in [0.15, 0.2) is 5.78 Å². The fraction of sp³-hybridized carbons (Fsp3) is 0.938. The predicted octanol–water partition coefficient (Wildman–Crippen LogP) is 0.952. The molecule has 4 fully saturated rings. The molecule has 2 saturated heterocycles. The average Bonchev–Trinajstić information content (AvgIpc) is 2.94. The van der Waals surface area contributed by atoms with Crippen LogP contribution in [0.3, 0.4) is 0 Å². The summed E-state index contributed by atoms with van der Waals surface area (Å²) in [4.78, 5) is 15.0. The molecule has 2 aliphatic heterocycles. The molecule has 1 spiro atoms. The van der Waals surface area contributed by atoms with E-state index in [0.29, 0.717) is 18.9 Å². The molecule has 0 aromatic carbocycles. The standard InChI is InChI=1S/C16H25NO3/c1-10-9-16(20)13(18)8-11(14(10)19)15(16)5-3-7-17-6-2-4-12(15)17/h10-12,14,19-20H,2-9H2,1H3/t10-,11+,12+,14-,15-,16-/m0/s1. The van der Waals surface area contributed by atoms with Crippen molar-refractivity contribution in [1.29, 1.82) is 0 Å². The van der Waals surface area contributed by atoms with E-state index in [4.69, 9.17) is 0 Å². The third kappa shape index (κ3) is 1.31. The van der Waals surface area contributed by atoms with Gasteiger partial charge in [0, 0.05) is 23.8 Å². The molecule has 0 radical (unpaired) electrons. The minimum atomic E-state index is -1.18. The van der Waals surface area contributed by atoms with Crippen LogP contribution >= 0.6 is 0 Å². The highest BCUT2D eigenvalue weighted by atomic mass is 16.3. The van der Waals surface area contributed by atoms with Crippen molar-refractivity contribution in [1.82, 2.24) is 4.90 Å². The van der Waals surface area contributed by atoms with Crippen molar-refractivity contribution in [2.75, 3.05) is 13.1 Å². The maximum atomic E-state index is 12.6. The molecular formula is C16H25NO3. The fourth-order valence-corrected chi connectivity index (χ4v) is 6.16. The van der Waals surface area contributed by atoms with Crippen LogP contribution in [-0.2, 0) is 4.79 Å². The Morgan fingerprint density at radius 2 is 2.05 bits per heavy atom. The summed E-state index contributed by atoms with van der Waals surface area (Å²) in [6, 6.07) is 0.305. The van der Waals surface area contributed by atoms with Gasteiger partial charge in [0.05, 0.1) is 6.10 Å². The van der Waals surface area contributed by atoms with Crippen LogP contribution in [-0.4, -0.2) is 51.7 Å². The molecule has 2 saturated carbocycles. The SMILES string of the molecule is C[C@H]1C[C@]2(O)C(=O)C[C@H]([C@H]1O)[C@]21CCCN2CCC[C@@H]21. The summed E-state index contributed by atoms with van der Waals surface area (Å²) in [5, 5.41) is 22.0. The van der Waals surface area contributed by atoms with Crippen LogP contribution in [0.25, 0.3) is 0 Å². The first kappa shape index (κ1) is 13.2. The molecule has 2 N–H and O–H groups in total. The lowest BCUT2D eigenvalue weighted by Gasteiger charge is -2.58. The maximum Gasteiger partial charge on any atom is 0.165 e. The number of aliphatic hydroxyl groups is 2. The van der Waals surface area contributed by atoms with Gasteiger partial charge >= 0.3 is 0 Å². The molecule has 2 aliphatic carbocycles. The van der Waals surface area contributed by atoms with Crippen molar-refractivity contribution in [2.24, 2.45) is 17.3 Å². The third-order valence-corrected chi connectivity index (χ3v) is 6.90. The molecule has 4 rings (SSSR count). The van der Waals surface area contributed by atoms with Gasteiger partial charge in [-0.05, 0) is 51.1 Å². The molecule has 112 valence electrons. The number of Topliss-reactive ketones (excluding diaryl/α,β-unsaturated/α-hetero) is 1. The first-order valence-corrected chi connectivity index (χ1v) is 8.18. The van der Waals surface area contributed by atoms with Crippen molar-refractivity contribution in [3.05, 3.63) is 0 Å². The van der Waals surface area contributed by atoms with Crippen molar-refractivity contribution < 1.29 is 15.0 Å². The summed E-state index contributed by atoms with van der Waals surface area (Å²) in [6.07, 6.45) is 4.60. The number of hydrogen-bond acceptors (Lipinski definition) is 4. The van der Waals surface area contributed by atoms with Crippen molar-refractivity contribution in [3.8, 4) is 0 Å². The van der Waals surface area contributed by atoms with Gasteiger partial charge in [-0.25, -0.2) is 0 Å². The molecule has 0 unspecified atom stereocenters. The monoisotopic (exact) mass is 279 g/mol. The topological polar surface area (TPSA) is 60.8 Å². The van der Waals surface area contributed by atoms with Gasteiger partial charge in [-0.1, -0.05) is 6.92 Å². The Balaban J connectivity index is 1.85. The molecule has 4 aliphatic rings. The van der Waals surface area contributed by atoms with E-state index in [1.165, 1.54) is 0 Å². The van der Waals surface area contributed by atoms with E-state index >= 15 is 0 Å². The van der Waals surface area contributed by atoms with E-state index in [-0.39, 0.29) is 23.0 Å². The summed E-state index contributed by atoms with van der Waals surface area (Å²) in [7, 11) is 0. The predicted molar refractivity (Wildman–Crippen MR) is 74.1 cm³/mol. The normalized spacial score (nSPS) is 55.5. The number of rotatable bonds is 0. The number of carbonyl (C=O) groups excluding carboxylic acids is 1. The zero-order valence-electron chi connectivity index (χ0n) is 12.2. The first-order chi connectivity index (χ1) is 9.50. The number of ketones is 1. The summed E-state index contributed by atoms with van der Waals surface area (Å²) >= 11 is 0. The minimum absolute atomic E-state index is 0.000324. The van der Waals surface area contributed by atoms with E-state index in [9.17, 15) is 15.0 Å². The number of piperidine rings is 1. The summed E-state index contributed by atoms with van der Waals surface area (Å²) in [5.41, 5.74) is -1.55. The second-order valence-corrected chi connectivity index (χ2v) is 7.60. The van der Waals surface area contributed by atoms with Gasteiger partial charge in [-0.2, -0.15) is 0 Å². The molecule has 0 aromatic heterocycles. The fourth-order valence-electron chi connectivity index (χ4n) is 6.16. The largest absolute Gasteiger partial charge is 0.393 e. The summed E-state index contributed by atoms with van der Waals surface area (Å²) in [5.74, 6) is -0.00634. The second-order valence-electron chi connectivity index (χ2n) is 7.60. The molecule has 0 aromatic rings. The summed E-state index contributed by atoms with van der Waals surface area (Å²) in [6.45, 7) is 4.16. The zero-order valence-corrected chi connectivity index (χ0v) is 12.2. The van der Waals surface area contributed by atoms with Crippen LogP contribution in [0.5, 0.6) is 0 Å². The van der Waals surface area contributed by atoms with Gasteiger partial charge in [-0.15, -0.1) is 0 Å². The van der Waals surface area contributed by atoms with Crippen LogP contribution in [0, 0.1) is 17.3 Å².